The van der Waals surface area contributed by atoms with E-state index in [0.29, 0.717) is 11.4 Å². The minimum Gasteiger partial charge on any atom is -0.249 e. The first kappa shape index (κ1) is 11.7. The van der Waals surface area contributed by atoms with Gasteiger partial charge in [-0.1, -0.05) is 39.4 Å². The summed E-state index contributed by atoms with van der Waals surface area (Å²) in [5.41, 5.74) is 1.46. The van der Waals surface area contributed by atoms with E-state index in [2.05, 4.69) is 9.97 Å². The van der Waals surface area contributed by atoms with Crippen molar-refractivity contribution >= 4 is 24.3 Å². The molecule has 0 spiro atoms. The van der Waals surface area contributed by atoms with E-state index in [4.69, 9.17) is 9.22 Å². The van der Waals surface area contributed by atoms with Gasteiger partial charge in [0.15, 0.2) is 0 Å². The monoisotopic (exact) mass is 201 g/mol. The number of benzene rings is 1. The lowest BCUT2D eigenvalue weighted by Crippen LogP contribution is -2.12. The zero-order valence-electron chi connectivity index (χ0n) is 10.8. The molecule has 2 nitrogen and oxygen atoms in total. The molecular weight excluding hydrogens is 183 g/mol. The minimum atomic E-state index is 0.554. The molecular formula is C12H17BN2. The number of fused-ring (bicyclic) bond motifs is 1. The van der Waals surface area contributed by atoms with E-state index < -0.39 is 0 Å². The highest BCUT2D eigenvalue weighted by Gasteiger charge is 1.98. The van der Waals surface area contributed by atoms with Crippen molar-refractivity contribution < 1.29 is 1.37 Å². The molecule has 0 aliphatic heterocycles. The Hall–Kier alpha value is -1.38. The molecule has 0 saturated heterocycles. The van der Waals surface area contributed by atoms with Crippen molar-refractivity contribution in [1.82, 2.24) is 9.97 Å². The van der Waals surface area contributed by atoms with E-state index in [1.54, 1.807) is 0 Å². The van der Waals surface area contributed by atoms with Gasteiger partial charge in [-0.3, -0.25) is 0 Å². The third-order valence-electron chi connectivity index (χ3n) is 1.74. The number of aromatic nitrogens is 2. The van der Waals surface area contributed by atoms with Gasteiger partial charge in [0, 0.05) is 6.76 Å². The first-order chi connectivity index (χ1) is 7.77. The Kier molecular flexibility index (Phi) is 4.81. The Labute approximate surface area is 94.6 Å². The fourth-order valence-electron chi connectivity index (χ4n) is 1.22. The van der Waals surface area contributed by atoms with Crippen LogP contribution in [0.15, 0.2) is 24.3 Å². The van der Waals surface area contributed by atoms with Crippen LogP contribution in [0.1, 0.15) is 28.4 Å². The summed E-state index contributed by atoms with van der Waals surface area (Å²) in [7, 11) is 6.96. The lowest BCUT2D eigenvalue weighted by atomic mass is 9.99. The Morgan fingerprint density at radius 1 is 1.20 bits per heavy atom. The quantitative estimate of drug-likeness (QED) is 0.611. The lowest BCUT2D eigenvalue weighted by Gasteiger charge is -2.01. The third-order valence-corrected chi connectivity index (χ3v) is 1.74. The zero-order valence-corrected chi connectivity index (χ0v) is 9.78. The second-order valence-corrected chi connectivity index (χ2v) is 2.67. The summed E-state index contributed by atoms with van der Waals surface area (Å²) < 4.78 is 5.75. The molecule has 0 aliphatic rings. The van der Waals surface area contributed by atoms with Crippen LogP contribution in [0.3, 0.4) is 0 Å². The van der Waals surface area contributed by atoms with Crippen molar-refractivity contribution in [2.24, 2.45) is 0 Å². The maximum absolute atomic E-state index is 5.75. The molecule has 2 aromatic rings. The molecule has 2 rings (SSSR count). The van der Waals surface area contributed by atoms with Crippen molar-refractivity contribution in [3.8, 4) is 0 Å². The highest BCUT2D eigenvalue weighted by atomic mass is 14.9. The van der Waals surface area contributed by atoms with E-state index in [1.165, 1.54) is 7.40 Å². The third kappa shape index (κ3) is 3.05. The van der Waals surface area contributed by atoms with Gasteiger partial charge in [-0.15, -0.1) is 0 Å². The lowest BCUT2D eigenvalue weighted by molar-refractivity contribution is 1.11. The average molecular weight is 201 g/mol. The van der Waals surface area contributed by atoms with Crippen LogP contribution in [0.5, 0.6) is 0 Å². The normalized spacial score (nSPS) is 9.20. The van der Waals surface area contributed by atoms with Gasteiger partial charge in [-0.05, 0) is 18.6 Å². The van der Waals surface area contributed by atoms with E-state index in [9.17, 15) is 0 Å². The molecule has 2 radical (unpaired) electrons. The van der Waals surface area contributed by atoms with Gasteiger partial charge in [0.05, 0.1) is 5.52 Å². The summed E-state index contributed by atoms with van der Waals surface area (Å²) in [4.78, 5) is 8.31. The molecule has 3 heteroatoms. The van der Waals surface area contributed by atoms with Crippen molar-refractivity contribution in [2.75, 3.05) is 0 Å². The summed E-state index contributed by atoms with van der Waals surface area (Å²) >= 11 is 0. The van der Waals surface area contributed by atoms with E-state index in [-0.39, 0.29) is 0 Å². The summed E-state index contributed by atoms with van der Waals surface area (Å²) in [6.07, 6.45) is 0. The maximum atomic E-state index is 5.75. The summed E-state index contributed by atoms with van der Waals surface area (Å²) in [5, 5.41) is 0.920. The number of aryl methyl sites for hydroxylation is 1. The molecule has 1 aromatic heterocycles. The number of nitrogens with zero attached hydrogens (tertiary/aromatic N) is 2. The van der Waals surface area contributed by atoms with Gasteiger partial charge in [-0.2, -0.15) is 0 Å². The van der Waals surface area contributed by atoms with Crippen molar-refractivity contribution in [2.45, 2.75) is 28.2 Å². The fourth-order valence-corrected chi connectivity index (χ4v) is 1.22. The molecule has 0 bridgehead atoms. The molecule has 1 aromatic carbocycles. The van der Waals surface area contributed by atoms with Crippen molar-refractivity contribution in [1.29, 1.82) is 0 Å². The maximum Gasteiger partial charge on any atom is 0.142 e. The van der Waals surface area contributed by atoms with Gasteiger partial charge >= 0.3 is 0 Å². The molecule has 0 amide bonds. The topological polar surface area (TPSA) is 25.8 Å². The first-order valence-corrected chi connectivity index (χ1v) is 4.76. The Morgan fingerprint density at radius 3 is 2.47 bits per heavy atom. The van der Waals surface area contributed by atoms with Gasteiger partial charge in [0.2, 0.25) is 0 Å². The van der Waals surface area contributed by atoms with Crippen LogP contribution >= 0.6 is 0 Å². The molecule has 0 N–H and O–H groups in total. The highest BCUT2D eigenvalue weighted by molar-refractivity contribution is 6.36. The first-order valence-electron chi connectivity index (χ1n) is 5.76. The summed E-state index contributed by atoms with van der Waals surface area (Å²) in [6.45, 7) is 5.84. The Bertz CT molecular complexity index is 432. The van der Waals surface area contributed by atoms with E-state index in [1.807, 2.05) is 45.0 Å². The number of rotatable bonds is 0. The highest BCUT2D eigenvalue weighted by Crippen LogP contribution is 2.06. The number of hydrogen-bond acceptors (Lipinski definition) is 2. The van der Waals surface area contributed by atoms with Gasteiger partial charge < -0.3 is 0 Å². The Morgan fingerprint density at radius 2 is 1.80 bits per heavy atom. The molecule has 0 fully saturated rings. The standard InChI is InChI=1S/C9H7BN2.C2H6.CH4/c1-6-11-8-5-3-2-4-7(8)9(10)12-6;1-2;/h2-5H,1H3;1-2H3;1H4/i;;1D. The van der Waals surface area contributed by atoms with Gasteiger partial charge in [0.25, 0.3) is 0 Å². The number of hydrogen-bond donors (Lipinski definition) is 0. The predicted molar refractivity (Wildman–Crippen MR) is 67.7 cm³/mol. The second-order valence-electron chi connectivity index (χ2n) is 2.67. The molecule has 0 aliphatic carbocycles. The molecule has 1 heterocycles. The average Bonchev–Trinajstić information content (AvgIpc) is 2.34. The van der Waals surface area contributed by atoms with Crippen molar-refractivity contribution in [3.05, 3.63) is 30.1 Å². The van der Waals surface area contributed by atoms with E-state index in [0.717, 1.165) is 10.9 Å². The van der Waals surface area contributed by atoms with Gasteiger partial charge in [0.1, 0.15) is 13.7 Å². The van der Waals surface area contributed by atoms with Crippen LogP contribution in [0.25, 0.3) is 10.9 Å². The molecule has 15 heavy (non-hydrogen) atoms. The summed E-state index contributed by atoms with van der Waals surface area (Å²) in [5.74, 6) is 0.714. The largest absolute Gasteiger partial charge is 0.249 e. The van der Waals surface area contributed by atoms with E-state index >= 15 is 0 Å². The van der Waals surface area contributed by atoms with Crippen LogP contribution < -0.4 is 5.59 Å². The minimum absolute atomic E-state index is 0.554. The fraction of sp³-hybridized carbons (Fsp3) is 0.333. The second kappa shape index (κ2) is 6.17. The SMILES string of the molecule is CC.[2H]C.[B]c1nc(C)nc2ccccc12. The van der Waals surface area contributed by atoms with Crippen LogP contribution in [0, 0.1) is 6.92 Å². The zero-order chi connectivity index (χ0) is 12.6. The molecule has 0 saturated carbocycles. The molecule has 0 unspecified atom stereocenters. The van der Waals surface area contributed by atoms with Gasteiger partial charge in [-0.25, -0.2) is 9.97 Å². The van der Waals surface area contributed by atoms with Crippen LogP contribution in [-0.4, -0.2) is 17.8 Å². The Balaban J connectivity index is 0.000000509. The summed E-state index contributed by atoms with van der Waals surface area (Å²) in [6, 6.07) is 7.72. The predicted octanol–water partition coefficient (Wildman–Crippen LogP) is 2.39. The van der Waals surface area contributed by atoms with Crippen molar-refractivity contribution in [3.63, 3.8) is 0 Å². The molecule has 78 valence electrons. The van der Waals surface area contributed by atoms with Crippen LogP contribution in [0.2, 0.25) is 0 Å². The molecule has 0 atom stereocenters. The number of para-hydroxylation sites is 1. The van der Waals surface area contributed by atoms with Crippen LogP contribution in [0.4, 0.5) is 0 Å². The smallest absolute Gasteiger partial charge is 0.142 e. The van der Waals surface area contributed by atoms with Crippen LogP contribution in [-0.2, 0) is 0 Å².